The summed E-state index contributed by atoms with van der Waals surface area (Å²) < 4.78 is 13.9. The predicted molar refractivity (Wildman–Crippen MR) is 196 cm³/mol. The average Bonchev–Trinajstić information content (AvgIpc) is 3.02. The van der Waals surface area contributed by atoms with Gasteiger partial charge in [0.05, 0.1) is 0 Å². The Bertz CT molecular complexity index is 1140. The van der Waals surface area contributed by atoms with Gasteiger partial charge in [-0.3, -0.25) is 0 Å². The molecule has 0 fully saturated rings. The van der Waals surface area contributed by atoms with Crippen LogP contribution in [0.1, 0.15) is 105 Å². The maximum atomic E-state index is 7.75. The molecule has 0 radical (unpaired) electrons. The van der Waals surface area contributed by atoms with E-state index in [0.29, 0.717) is 0 Å². The summed E-state index contributed by atoms with van der Waals surface area (Å²) in [4.78, 5) is 0. The zero-order chi connectivity index (χ0) is 31.2. The molecule has 0 amide bonds. The summed E-state index contributed by atoms with van der Waals surface area (Å²) in [5.74, 6) is 0. The Hall–Kier alpha value is -1.62. The van der Waals surface area contributed by atoms with Crippen molar-refractivity contribution in [1.29, 1.82) is 0 Å². The van der Waals surface area contributed by atoms with Gasteiger partial charge >= 0.3 is 272 Å². The van der Waals surface area contributed by atoms with Crippen LogP contribution in [0.5, 0.6) is 0 Å². The van der Waals surface area contributed by atoms with Gasteiger partial charge in [-0.05, 0) is 0 Å². The van der Waals surface area contributed by atoms with Gasteiger partial charge in [-0.15, -0.1) is 0 Å². The fourth-order valence-corrected chi connectivity index (χ4v) is 28.7. The third-order valence-electron chi connectivity index (χ3n) is 9.42. The van der Waals surface area contributed by atoms with E-state index in [1.807, 2.05) is 0 Å². The number of unbranched alkanes of at least 4 members (excludes halogenated alkanes) is 3. The van der Waals surface area contributed by atoms with Crippen molar-refractivity contribution in [2.45, 2.75) is 122 Å². The molecule has 0 saturated carbocycles. The molecule has 1 unspecified atom stereocenters. The van der Waals surface area contributed by atoms with Gasteiger partial charge in [0.2, 0.25) is 0 Å². The molecule has 3 aromatic carbocycles. The molecule has 0 bridgehead atoms. The first-order valence-electron chi connectivity index (χ1n) is 17.2. The Morgan fingerprint density at radius 2 is 1.12 bits per heavy atom. The second kappa shape index (κ2) is 17.8. The van der Waals surface area contributed by atoms with Crippen LogP contribution in [0.2, 0.25) is 22.8 Å². The number of benzene rings is 3. The van der Waals surface area contributed by atoms with Crippen molar-refractivity contribution in [3.05, 3.63) is 108 Å². The molecule has 1 atom stereocenters. The molecule has 3 aromatic rings. The Morgan fingerprint density at radius 1 is 0.698 bits per heavy atom. The Morgan fingerprint density at radius 3 is 1.51 bits per heavy atom. The van der Waals surface area contributed by atoms with Gasteiger partial charge in [0, 0.05) is 0 Å². The molecule has 3 heteroatoms. The summed E-state index contributed by atoms with van der Waals surface area (Å²) in [6.07, 6.45) is 11.8. The van der Waals surface area contributed by atoms with Gasteiger partial charge < -0.3 is 0 Å². The van der Waals surface area contributed by atoms with Crippen LogP contribution < -0.4 is 10.4 Å². The predicted octanol–water partition coefficient (Wildman–Crippen LogP) is 11.5. The summed E-state index contributed by atoms with van der Waals surface area (Å²) >= 11 is -2.27. The third-order valence-corrected chi connectivity index (χ3v) is 30.3. The van der Waals surface area contributed by atoms with Gasteiger partial charge in [-0.25, -0.2) is 0 Å². The zero-order valence-corrected chi connectivity index (χ0v) is 32.4. The molecule has 0 saturated heterocycles. The first kappa shape index (κ1) is 35.9. The van der Waals surface area contributed by atoms with Crippen LogP contribution in [0.3, 0.4) is 0 Å². The molecular weight excluding hydrogens is 643 g/mol. The van der Waals surface area contributed by atoms with E-state index in [9.17, 15) is 0 Å². The van der Waals surface area contributed by atoms with E-state index in [1.54, 1.807) is 18.9 Å². The Balaban J connectivity index is 2.05. The molecule has 0 N–H and O–H groups in total. The van der Waals surface area contributed by atoms with Crippen LogP contribution in [-0.4, -0.2) is 26.7 Å². The van der Waals surface area contributed by atoms with Crippen LogP contribution in [0.25, 0.3) is 0 Å². The molecule has 1 nitrogen and oxygen atoms in total. The molecular formula is C40H60OSiSn. The molecule has 3 rings (SSSR count). The Labute approximate surface area is 270 Å². The number of hydrogen-bond acceptors (Lipinski definition) is 1. The van der Waals surface area contributed by atoms with Crippen molar-refractivity contribution < 1.29 is 4.43 Å². The minimum atomic E-state index is -2.68. The van der Waals surface area contributed by atoms with E-state index < -0.39 is 26.7 Å². The second-order valence-corrected chi connectivity index (χ2v) is 32.1. The SMILES string of the molecule is CCC[CH2][Sn]([CH2]CCC)([CH2]CCC)[CH2]/C(C)=C/CC(O[Si](c1ccccc1)(c1ccccc1)C(C)(C)C)c1ccccc1. The topological polar surface area (TPSA) is 9.23 Å². The second-order valence-electron chi connectivity index (χ2n) is 14.0. The van der Waals surface area contributed by atoms with Crippen LogP contribution in [-0.2, 0) is 4.43 Å². The van der Waals surface area contributed by atoms with E-state index in [2.05, 4.69) is 146 Å². The molecule has 0 aromatic heterocycles. The van der Waals surface area contributed by atoms with E-state index in [-0.39, 0.29) is 11.1 Å². The molecule has 0 heterocycles. The third kappa shape index (κ3) is 9.93. The summed E-state index contributed by atoms with van der Waals surface area (Å²) in [7, 11) is -2.68. The van der Waals surface area contributed by atoms with E-state index in [1.165, 1.54) is 58.9 Å². The quantitative estimate of drug-likeness (QED) is 0.0947. The van der Waals surface area contributed by atoms with Crippen molar-refractivity contribution in [3.63, 3.8) is 0 Å². The zero-order valence-electron chi connectivity index (χ0n) is 28.5. The number of allylic oxidation sites excluding steroid dienone is 1. The molecule has 234 valence electrons. The van der Waals surface area contributed by atoms with Crippen molar-refractivity contribution in [2.24, 2.45) is 0 Å². The summed E-state index contributed by atoms with van der Waals surface area (Å²) in [6.45, 7) is 16.8. The summed E-state index contributed by atoms with van der Waals surface area (Å²) in [5.41, 5.74) is 2.92. The van der Waals surface area contributed by atoms with E-state index >= 15 is 0 Å². The average molecular weight is 704 g/mol. The van der Waals surface area contributed by atoms with Crippen molar-refractivity contribution in [1.82, 2.24) is 0 Å². The molecule has 0 aliphatic carbocycles. The first-order chi connectivity index (χ1) is 20.7. The van der Waals surface area contributed by atoms with Crippen molar-refractivity contribution in [3.8, 4) is 0 Å². The maximum absolute atomic E-state index is 7.75. The monoisotopic (exact) mass is 704 g/mol. The van der Waals surface area contributed by atoms with Crippen LogP contribution >= 0.6 is 0 Å². The van der Waals surface area contributed by atoms with Crippen molar-refractivity contribution >= 4 is 37.1 Å². The first-order valence-corrected chi connectivity index (χ1v) is 27.2. The molecule has 0 aliphatic rings. The van der Waals surface area contributed by atoms with Gasteiger partial charge in [-0.1, -0.05) is 0 Å². The normalized spacial score (nSPS) is 13.7. The van der Waals surface area contributed by atoms with E-state index in [4.69, 9.17) is 4.43 Å². The minimum absolute atomic E-state index is 0.00831. The van der Waals surface area contributed by atoms with Crippen LogP contribution in [0, 0.1) is 0 Å². The Kier molecular flexibility index (Phi) is 14.8. The van der Waals surface area contributed by atoms with Gasteiger partial charge in [0.1, 0.15) is 0 Å². The molecule has 0 aliphatic heterocycles. The van der Waals surface area contributed by atoms with Gasteiger partial charge in [-0.2, -0.15) is 0 Å². The fraction of sp³-hybridized carbons (Fsp3) is 0.500. The standard InChI is InChI=1S/C28H33OSi.3C4H9.Sn/c1-23(2)21-22-27(24-15-9-6-10-16-24)29-30(28(3,4)5,25-17-11-7-12-18-25)26-19-13-8-14-20-26;3*1-3-4-2;/h6-21,27H,1,22H2,2-5H3;3*1,3-4H2,2H3;/b23-21-;;;;. The van der Waals surface area contributed by atoms with Gasteiger partial charge in [0.25, 0.3) is 0 Å². The summed E-state index contributed by atoms with van der Waals surface area (Å²) in [5, 5.41) is 2.65. The molecule has 43 heavy (non-hydrogen) atoms. The fourth-order valence-electron chi connectivity index (χ4n) is 7.09. The van der Waals surface area contributed by atoms with Crippen LogP contribution in [0.4, 0.5) is 0 Å². The molecule has 0 spiro atoms. The van der Waals surface area contributed by atoms with Crippen molar-refractivity contribution in [2.75, 3.05) is 0 Å². The van der Waals surface area contributed by atoms with E-state index in [0.717, 1.165) is 6.42 Å². The summed E-state index contributed by atoms with van der Waals surface area (Å²) in [6, 6.07) is 33.3. The number of hydrogen-bond donors (Lipinski definition) is 0. The number of rotatable bonds is 18. The van der Waals surface area contributed by atoms with Gasteiger partial charge in [0.15, 0.2) is 0 Å². The van der Waals surface area contributed by atoms with Crippen LogP contribution in [0.15, 0.2) is 103 Å².